The maximum Gasteiger partial charge on any atom is 0.279 e. The van der Waals surface area contributed by atoms with Gasteiger partial charge in [0.25, 0.3) is 10.2 Å². The van der Waals surface area contributed by atoms with Gasteiger partial charge in [-0.05, 0) is 36.5 Å². The predicted molar refractivity (Wildman–Crippen MR) is 79.9 cm³/mol. The largest absolute Gasteiger partial charge is 0.279 e. The number of halogens is 1. The zero-order chi connectivity index (χ0) is 13.9. The Morgan fingerprint density at radius 2 is 2.05 bits per heavy atom. The SMILES string of the molecule is CC1CCN(S(=O)(=O)NCc2cccc(Br)c2)CC1. The van der Waals surface area contributed by atoms with Gasteiger partial charge in [0, 0.05) is 24.1 Å². The minimum Gasteiger partial charge on any atom is -0.198 e. The Balaban J connectivity index is 1.94. The lowest BCUT2D eigenvalue weighted by molar-refractivity contribution is 0.285. The second kappa shape index (κ2) is 6.35. The van der Waals surface area contributed by atoms with Crippen molar-refractivity contribution in [1.82, 2.24) is 9.03 Å². The van der Waals surface area contributed by atoms with Crippen LogP contribution in [0.5, 0.6) is 0 Å². The highest BCUT2D eigenvalue weighted by atomic mass is 79.9. The zero-order valence-corrected chi connectivity index (χ0v) is 13.4. The monoisotopic (exact) mass is 346 g/mol. The van der Waals surface area contributed by atoms with Gasteiger partial charge in [0.1, 0.15) is 0 Å². The minimum absolute atomic E-state index is 0.327. The van der Waals surface area contributed by atoms with Crippen molar-refractivity contribution in [1.29, 1.82) is 0 Å². The standard InChI is InChI=1S/C13H19BrN2O2S/c1-11-5-7-16(8-6-11)19(17,18)15-10-12-3-2-4-13(14)9-12/h2-4,9,11,15H,5-8,10H2,1H3. The lowest BCUT2D eigenvalue weighted by Crippen LogP contribution is -2.44. The van der Waals surface area contributed by atoms with Gasteiger partial charge in [0.15, 0.2) is 0 Å². The number of rotatable bonds is 4. The number of benzene rings is 1. The van der Waals surface area contributed by atoms with Gasteiger partial charge in [0.05, 0.1) is 0 Å². The van der Waals surface area contributed by atoms with Crippen molar-refractivity contribution in [3.63, 3.8) is 0 Å². The first-order chi connectivity index (χ1) is 8.97. The molecule has 0 aromatic heterocycles. The summed E-state index contributed by atoms with van der Waals surface area (Å²) in [6.45, 7) is 3.73. The molecule has 19 heavy (non-hydrogen) atoms. The number of piperidine rings is 1. The van der Waals surface area contributed by atoms with Crippen LogP contribution in [0.15, 0.2) is 28.7 Å². The molecule has 1 N–H and O–H groups in total. The molecular weight excluding hydrogens is 328 g/mol. The third kappa shape index (κ3) is 4.27. The molecule has 1 heterocycles. The van der Waals surface area contributed by atoms with Gasteiger partial charge < -0.3 is 0 Å². The van der Waals surface area contributed by atoms with Crippen molar-refractivity contribution in [3.8, 4) is 0 Å². The van der Waals surface area contributed by atoms with Crippen molar-refractivity contribution in [2.45, 2.75) is 26.3 Å². The van der Waals surface area contributed by atoms with E-state index in [1.54, 1.807) is 4.31 Å². The molecule has 1 fully saturated rings. The maximum atomic E-state index is 12.2. The van der Waals surface area contributed by atoms with Crippen LogP contribution in [-0.2, 0) is 16.8 Å². The smallest absolute Gasteiger partial charge is 0.198 e. The van der Waals surface area contributed by atoms with Crippen LogP contribution in [0.3, 0.4) is 0 Å². The van der Waals surface area contributed by atoms with Crippen molar-refractivity contribution < 1.29 is 8.42 Å². The van der Waals surface area contributed by atoms with E-state index in [9.17, 15) is 8.42 Å². The normalized spacial score (nSPS) is 18.6. The fourth-order valence-corrected chi connectivity index (χ4v) is 3.81. The van der Waals surface area contributed by atoms with E-state index in [0.29, 0.717) is 25.6 Å². The summed E-state index contributed by atoms with van der Waals surface area (Å²) in [5.41, 5.74) is 0.948. The molecule has 0 atom stereocenters. The second-order valence-electron chi connectivity index (χ2n) is 5.04. The van der Waals surface area contributed by atoms with E-state index >= 15 is 0 Å². The van der Waals surface area contributed by atoms with Gasteiger partial charge in [-0.3, -0.25) is 0 Å². The molecule has 0 saturated carbocycles. The molecule has 6 heteroatoms. The fraction of sp³-hybridized carbons (Fsp3) is 0.538. The summed E-state index contributed by atoms with van der Waals surface area (Å²) in [6.07, 6.45) is 1.88. The van der Waals surface area contributed by atoms with E-state index in [2.05, 4.69) is 27.6 Å². The molecule has 106 valence electrons. The van der Waals surface area contributed by atoms with E-state index in [-0.39, 0.29) is 0 Å². The predicted octanol–water partition coefficient (Wildman–Crippen LogP) is 2.52. The first-order valence-electron chi connectivity index (χ1n) is 6.46. The van der Waals surface area contributed by atoms with Crippen LogP contribution in [0.1, 0.15) is 25.3 Å². The van der Waals surface area contributed by atoms with Crippen LogP contribution in [0.4, 0.5) is 0 Å². The topological polar surface area (TPSA) is 49.4 Å². The summed E-state index contributed by atoms with van der Waals surface area (Å²) in [5, 5.41) is 0. The van der Waals surface area contributed by atoms with Gasteiger partial charge in [0.2, 0.25) is 0 Å². The summed E-state index contributed by atoms with van der Waals surface area (Å²) < 4.78 is 29.5. The molecule has 1 aromatic rings. The van der Waals surface area contributed by atoms with Crippen LogP contribution in [0, 0.1) is 5.92 Å². The van der Waals surface area contributed by atoms with Gasteiger partial charge in [-0.1, -0.05) is 35.0 Å². The molecule has 0 amide bonds. The van der Waals surface area contributed by atoms with Crippen LogP contribution in [0.2, 0.25) is 0 Å². The Labute approximate surface area is 123 Å². The number of nitrogens with one attached hydrogen (secondary N) is 1. The van der Waals surface area contributed by atoms with E-state index in [0.717, 1.165) is 22.9 Å². The Morgan fingerprint density at radius 3 is 2.68 bits per heavy atom. The average Bonchev–Trinajstić information content (AvgIpc) is 2.37. The highest BCUT2D eigenvalue weighted by Gasteiger charge is 2.25. The molecule has 0 radical (unpaired) electrons. The molecular formula is C13H19BrN2O2S. The summed E-state index contributed by atoms with van der Waals surface area (Å²) in [4.78, 5) is 0. The van der Waals surface area contributed by atoms with Crippen LogP contribution >= 0.6 is 15.9 Å². The summed E-state index contributed by atoms with van der Waals surface area (Å²) >= 11 is 3.38. The van der Waals surface area contributed by atoms with Crippen molar-refractivity contribution in [2.24, 2.45) is 5.92 Å². The number of hydrogen-bond donors (Lipinski definition) is 1. The quantitative estimate of drug-likeness (QED) is 0.910. The Kier molecular flexibility index (Phi) is 5.00. The Bertz CT molecular complexity index is 525. The Hall–Kier alpha value is -0.430. The third-order valence-corrected chi connectivity index (χ3v) is 5.48. The van der Waals surface area contributed by atoms with E-state index in [1.807, 2.05) is 24.3 Å². The average molecular weight is 347 g/mol. The maximum absolute atomic E-state index is 12.2. The van der Waals surface area contributed by atoms with Gasteiger partial charge in [-0.15, -0.1) is 0 Å². The fourth-order valence-electron chi connectivity index (χ4n) is 2.14. The zero-order valence-electron chi connectivity index (χ0n) is 11.0. The van der Waals surface area contributed by atoms with E-state index in [4.69, 9.17) is 0 Å². The third-order valence-electron chi connectivity index (χ3n) is 3.43. The molecule has 1 aliphatic heterocycles. The molecule has 0 unspecified atom stereocenters. The lowest BCUT2D eigenvalue weighted by atomic mass is 10.0. The summed E-state index contributed by atoms with van der Waals surface area (Å²) in [6, 6.07) is 7.65. The minimum atomic E-state index is -3.35. The molecule has 0 spiro atoms. The van der Waals surface area contributed by atoms with Crippen LogP contribution < -0.4 is 4.72 Å². The molecule has 1 saturated heterocycles. The van der Waals surface area contributed by atoms with E-state index in [1.165, 1.54) is 0 Å². The van der Waals surface area contributed by atoms with Crippen molar-refractivity contribution in [2.75, 3.05) is 13.1 Å². The second-order valence-corrected chi connectivity index (χ2v) is 7.71. The first-order valence-corrected chi connectivity index (χ1v) is 8.70. The van der Waals surface area contributed by atoms with Crippen LogP contribution in [0.25, 0.3) is 0 Å². The summed E-state index contributed by atoms with van der Waals surface area (Å²) in [5.74, 6) is 0.622. The molecule has 0 aliphatic carbocycles. The molecule has 1 aromatic carbocycles. The highest BCUT2D eigenvalue weighted by Crippen LogP contribution is 2.18. The first kappa shape index (κ1) is 15.0. The van der Waals surface area contributed by atoms with Gasteiger partial charge in [-0.2, -0.15) is 17.4 Å². The number of hydrogen-bond acceptors (Lipinski definition) is 2. The number of nitrogens with zero attached hydrogens (tertiary/aromatic N) is 1. The molecule has 2 rings (SSSR count). The molecule has 1 aliphatic rings. The lowest BCUT2D eigenvalue weighted by Gasteiger charge is -2.29. The van der Waals surface area contributed by atoms with Crippen LogP contribution in [-0.4, -0.2) is 25.8 Å². The summed E-state index contributed by atoms with van der Waals surface area (Å²) in [7, 11) is -3.35. The van der Waals surface area contributed by atoms with Crippen molar-refractivity contribution in [3.05, 3.63) is 34.3 Å². The van der Waals surface area contributed by atoms with E-state index < -0.39 is 10.2 Å². The Morgan fingerprint density at radius 1 is 1.37 bits per heavy atom. The highest BCUT2D eigenvalue weighted by molar-refractivity contribution is 9.10. The van der Waals surface area contributed by atoms with Gasteiger partial charge >= 0.3 is 0 Å². The van der Waals surface area contributed by atoms with Gasteiger partial charge in [-0.25, -0.2) is 0 Å². The molecule has 0 bridgehead atoms. The van der Waals surface area contributed by atoms with Crippen molar-refractivity contribution >= 4 is 26.1 Å². The molecule has 4 nitrogen and oxygen atoms in total.